The van der Waals surface area contributed by atoms with E-state index in [0.717, 1.165) is 29.3 Å². The van der Waals surface area contributed by atoms with E-state index < -0.39 is 41.5 Å². The van der Waals surface area contributed by atoms with E-state index in [4.69, 9.17) is 15.2 Å². The van der Waals surface area contributed by atoms with E-state index in [9.17, 15) is 23.5 Å². The minimum absolute atomic E-state index is 0.0429. The number of benzene rings is 2. The van der Waals surface area contributed by atoms with Crippen molar-refractivity contribution in [1.29, 1.82) is 0 Å². The number of rotatable bonds is 4. The van der Waals surface area contributed by atoms with Gasteiger partial charge in [-0.2, -0.15) is 0 Å². The van der Waals surface area contributed by atoms with Crippen LogP contribution in [0.3, 0.4) is 0 Å². The topological polar surface area (TPSA) is 123 Å². The van der Waals surface area contributed by atoms with Crippen LogP contribution >= 0.6 is 0 Å². The minimum atomic E-state index is -1.18. The molecule has 1 aliphatic carbocycles. The van der Waals surface area contributed by atoms with Gasteiger partial charge in [0.1, 0.15) is 23.3 Å². The number of carbonyl (C=O) groups is 2. The second kappa shape index (κ2) is 11.8. The molecule has 2 aromatic rings. The molecule has 2 bridgehead atoms. The Morgan fingerprint density at radius 1 is 1.16 bits per heavy atom. The van der Waals surface area contributed by atoms with Gasteiger partial charge >= 0.3 is 0 Å². The zero-order valence-corrected chi connectivity index (χ0v) is 20.5. The van der Waals surface area contributed by atoms with E-state index >= 15 is 0 Å². The van der Waals surface area contributed by atoms with Crippen LogP contribution in [0.15, 0.2) is 48.6 Å². The van der Waals surface area contributed by atoms with Crippen molar-refractivity contribution < 1.29 is 33.0 Å². The first-order valence-corrected chi connectivity index (χ1v) is 12.2. The zero-order chi connectivity index (χ0) is 26.5. The van der Waals surface area contributed by atoms with E-state index in [1.807, 2.05) is 18.2 Å². The summed E-state index contributed by atoms with van der Waals surface area (Å²) in [6.45, 7) is 0.322. The molecule has 8 nitrogen and oxygen atoms in total. The molecule has 198 valence electrons. The SMILES string of the molecule is COc1ccc2c(c1)[C@@H]1C[C@@H]2OC/C=C/C[C@@H](C(N)=O)C(=O)N[C@@H](Cc2cc(F)cc(F)c2)[C@H](O)CN1. The summed E-state index contributed by atoms with van der Waals surface area (Å²) >= 11 is 0. The van der Waals surface area contributed by atoms with Crippen molar-refractivity contribution in [2.24, 2.45) is 11.7 Å². The van der Waals surface area contributed by atoms with Crippen molar-refractivity contribution in [3.05, 3.63) is 76.9 Å². The van der Waals surface area contributed by atoms with Gasteiger partial charge in [-0.05, 0) is 60.2 Å². The number of hydrogen-bond acceptors (Lipinski definition) is 6. The number of methoxy groups -OCH3 is 1. The molecule has 2 aromatic carbocycles. The van der Waals surface area contributed by atoms with Gasteiger partial charge in [0, 0.05) is 18.7 Å². The van der Waals surface area contributed by atoms with E-state index in [1.54, 1.807) is 19.3 Å². The molecule has 2 amide bonds. The van der Waals surface area contributed by atoms with Gasteiger partial charge in [0.05, 0.1) is 32.0 Å². The van der Waals surface area contributed by atoms with Crippen molar-refractivity contribution in [1.82, 2.24) is 10.6 Å². The van der Waals surface area contributed by atoms with Crippen molar-refractivity contribution in [2.75, 3.05) is 20.3 Å². The number of carbonyl (C=O) groups excluding carboxylic acids is 2. The monoisotopic (exact) mass is 515 g/mol. The minimum Gasteiger partial charge on any atom is -0.497 e. The lowest BCUT2D eigenvalue weighted by atomic mass is 9.97. The van der Waals surface area contributed by atoms with Crippen LogP contribution < -0.4 is 21.1 Å². The molecular weight excluding hydrogens is 484 g/mol. The smallest absolute Gasteiger partial charge is 0.233 e. The molecule has 0 aromatic heterocycles. The third kappa shape index (κ3) is 6.51. The molecule has 1 aliphatic heterocycles. The standard InChI is InChI=1S/C27H31F2N3O5/c1-36-18-5-6-19-21(12-18)22-13-25(19)37-7-3-2-4-20(26(30)34)27(35)32-23(24(33)14-31-22)10-15-8-16(28)11-17(29)9-15/h2-3,5-6,8-9,11-12,20,22-25,31,33H,4,7,10,13-14H2,1H3,(H2,30,34)(H,32,35)/b3-2+/t20-,22-,23-,24+,25-/m0/s1. The highest BCUT2D eigenvalue weighted by Crippen LogP contribution is 2.42. The third-order valence-corrected chi connectivity index (χ3v) is 6.80. The van der Waals surface area contributed by atoms with Crippen molar-refractivity contribution in [3.8, 4) is 5.75 Å². The first kappa shape index (κ1) is 26.7. The average Bonchev–Trinajstić information content (AvgIpc) is 3.19. The van der Waals surface area contributed by atoms with Gasteiger partial charge in [0.2, 0.25) is 11.8 Å². The lowest BCUT2D eigenvalue weighted by Crippen LogP contribution is -2.52. The molecule has 0 saturated heterocycles. The van der Waals surface area contributed by atoms with Crippen LogP contribution in [0, 0.1) is 17.6 Å². The first-order chi connectivity index (χ1) is 17.7. The summed E-state index contributed by atoms with van der Waals surface area (Å²) in [7, 11) is 1.59. The quantitative estimate of drug-likeness (QED) is 0.366. The molecule has 2 aliphatic rings. The predicted octanol–water partition coefficient (Wildman–Crippen LogP) is 2.22. The van der Waals surface area contributed by atoms with E-state index in [2.05, 4.69) is 10.6 Å². The number of hydrogen-bond donors (Lipinski definition) is 4. The van der Waals surface area contributed by atoms with Crippen LogP contribution in [0.25, 0.3) is 0 Å². The Balaban J connectivity index is 1.63. The van der Waals surface area contributed by atoms with E-state index in [-0.39, 0.29) is 43.7 Å². The van der Waals surface area contributed by atoms with Crippen LogP contribution in [-0.2, 0) is 20.7 Å². The highest BCUT2D eigenvalue weighted by Gasteiger charge is 2.34. The largest absolute Gasteiger partial charge is 0.497 e. The molecule has 4 rings (SSSR count). The highest BCUT2D eigenvalue weighted by atomic mass is 19.1. The second-order valence-electron chi connectivity index (χ2n) is 9.34. The molecule has 1 heterocycles. The van der Waals surface area contributed by atoms with Gasteiger partial charge in [-0.15, -0.1) is 0 Å². The molecule has 0 saturated carbocycles. The van der Waals surface area contributed by atoms with Crippen LogP contribution in [0.5, 0.6) is 5.75 Å². The lowest BCUT2D eigenvalue weighted by Gasteiger charge is -2.27. The van der Waals surface area contributed by atoms with Crippen molar-refractivity contribution in [2.45, 2.75) is 43.6 Å². The maximum Gasteiger partial charge on any atom is 0.233 e. The first-order valence-electron chi connectivity index (χ1n) is 12.2. The molecular formula is C27H31F2N3O5. The summed E-state index contributed by atoms with van der Waals surface area (Å²) in [5.41, 5.74) is 7.70. The van der Waals surface area contributed by atoms with Gasteiger partial charge in [-0.25, -0.2) is 8.78 Å². The lowest BCUT2D eigenvalue weighted by molar-refractivity contribution is -0.134. The van der Waals surface area contributed by atoms with Gasteiger partial charge in [0.25, 0.3) is 0 Å². The van der Waals surface area contributed by atoms with Gasteiger partial charge < -0.3 is 30.9 Å². The summed E-state index contributed by atoms with van der Waals surface area (Å²) in [6.07, 6.45) is 2.61. The molecule has 0 unspecified atom stereocenters. The van der Waals surface area contributed by atoms with Gasteiger partial charge in [0.15, 0.2) is 0 Å². The number of β-amino-alcohol motifs (C(OH)–C–C–N with tert-alkyl or cyclic N) is 1. The number of amides is 2. The molecule has 5 atom stereocenters. The number of halogens is 2. The predicted molar refractivity (Wildman–Crippen MR) is 131 cm³/mol. The molecule has 0 fully saturated rings. The Morgan fingerprint density at radius 3 is 2.62 bits per heavy atom. The second-order valence-corrected chi connectivity index (χ2v) is 9.34. The summed E-state index contributed by atoms with van der Waals surface area (Å²) in [5, 5.41) is 17.1. The van der Waals surface area contributed by atoms with Crippen molar-refractivity contribution in [3.63, 3.8) is 0 Å². The number of allylic oxidation sites excluding steroid dienone is 1. The number of fused-ring (bicyclic) bond motifs is 5. The Kier molecular flexibility index (Phi) is 8.52. The maximum absolute atomic E-state index is 13.8. The molecule has 37 heavy (non-hydrogen) atoms. The van der Waals surface area contributed by atoms with Gasteiger partial charge in [-0.1, -0.05) is 18.2 Å². The van der Waals surface area contributed by atoms with Crippen LogP contribution in [0.4, 0.5) is 8.78 Å². The summed E-state index contributed by atoms with van der Waals surface area (Å²) in [5.74, 6) is -3.53. The highest BCUT2D eigenvalue weighted by molar-refractivity contribution is 5.99. The number of aliphatic hydroxyl groups is 1. The number of ether oxygens (including phenoxy) is 2. The number of nitrogens with two attached hydrogens (primary N) is 1. The average molecular weight is 516 g/mol. The normalized spacial score (nSPS) is 27.4. The Hall–Kier alpha value is -3.34. The molecule has 0 spiro atoms. The fraction of sp³-hybridized carbons (Fsp3) is 0.407. The fourth-order valence-corrected chi connectivity index (χ4v) is 4.87. The molecule has 10 heteroatoms. The van der Waals surface area contributed by atoms with Gasteiger partial charge in [-0.3, -0.25) is 9.59 Å². The molecule has 5 N–H and O–H groups in total. The number of nitrogens with one attached hydrogen (secondary N) is 2. The molecule has 0 radical (unpaired) electrons. The zero-order valence-electron chi connectivity index (χ0n) is 20.5. The van der Waals surface area contributed by atoms with Crippen LogP contribution in [0.2, 0.25) is 0 Å². The Morgan fingerprint density at radius 2 is 1.92 bits per heavy atom. The van der Waals surface area contributed by atoms with Crippen LogP contribution in [-0.4, -0.2) is 49.3 Å². The Bertz CT molecular complexity index is 1150. The third-order valence-electron chi connectivity index (χ3n) is 6.80. The number of primary amides is 1. The summed E-state index contributed by atoms with van der Waals surface area (Å²) < 4.78 is 39.1. The summed E-state index contributed by atoms with van der Waals surface area (Å²) in [6, 6.07) is 7.65. The summed E-state index contributed by atoms with van der Waals surface area (Å²) in [4.78, 5) is 25.0. The van der Waals surface area contributed by atoms with E-state index in [1.165, 1.54) is 0 Å². The Labute approximate surface area is 213 Å². The number of aliphatic hydroxyl groups excluding tert-OH is 1. The fourth-order valence-electron chi connectivity index (χ4n) is 4.87. The van der Waals surface area contributed by atoms with E-state index in [0.29, 0.717) is 12.2 Å². The van der Waals surface area contributed by atoms with Crippen LogP contribution in [0.1, 0.15) is 41.7 Å². The maximum atomic E-state index is 13.8. The van der Waals surface area contributed by atoms with Crippen molar-refractivity contribution >= 4 is 11.8 Å².